The van der Waals surface area contributed by atoms with Gasteiger partial charge in [-0.15, -0.1) is 0 Å². The van der Waals surface area contributed by atoms with E-state index >= 15 is 0 Å². The van der Waals surface area contributed by atoms with E-state index in [-0.39, 0.29) is 42.7 Å². The molecule has 1 aliphatic heterocycles. The van der Waals surface area contributed by atoms with E-state index in [4.69, 9.17) is 4.74 Å². The summed E-state index contributed by atoms with van der Waals surface area (Å²) in [5.74, 6) is 0.366. The summed E-state index contributed by atoms with van der Waals surface area (Å²) in [7, 11) is 0. The average Bonchev–Trinajstić information content (AvgIpc) is 3.32. The third-order valence-electron chi connectivity index (χ3n) is 4.25. The van der Waals surface area contributed by atoms with E-state index in [1.165, 1.54) is 0 Å². The van der Waals surface area contributed by atoms with Crippen LogP contribution in [0.15, 0.2) is 0 Å². The van der Waals surface area contributed by atoms with Crippen molar-refractivity contribution in [3.8, 4) is 0 Å². The summed E-state index contributed by atoms with van der Waals surface area (Å²) in [6.45, 7) is 4.26. The van der Waals surface area contributed by atoms with Gasteiger partial charge in [-0.3, -0.25) is 4.79 Å². The van der Waals surface area contributed by atoms with Gasteiger partial charge in [0.2, 0.25) is 5.91 Å². The third kappa shape index (κ3) is 5.99. The van der Waals surface area contributed by atoms with Gasteiger partial charge >= 0.3 is 6.03 Å². The number of urea groups is 1. The van der Waals surface area contributed by atoms with Crippen LogP contribution in [0.4, 0.5) is 4.79 Å². The molecule has 132 valence electrons. The fraction of sp³-hybridized carbons (Fsp3) is 0.875. The first-order chi connectivity index (χ1) is 11.0. The minimum absolute atomic E-state index is 0.0119. The maximum absolute atomic E-state index is 11.8. The van der Waals surface area contributed by atoms with Gasteiger partial charge in [0.15, 0.2) is 0 Å². The molecule has 0 unspecified atom stereocenters. The Morgan fingerprint density at radius 2 is 1.96 bits per heavy atom. The number of carbonyl (C=O) groups is 2. The van der Waals surface area contributed by atoms with Gasteiger partial charge in [0.05, 0.1) is 18.8 Å². The molecule has 0 aromatic carbocycles. The van der Waals surface area contributed by atoms with Gasteiger partial charge in [0, 0.05) is 18.5 Å². The zero-order valence-corrected chi connectivity index (χ0v) is 14.0. The number of aliphatic hydroxyl groups is 1. The molecule has 1 aliphatic carbocycles. The molecule has 0 aromatic rings. The Morgan fingerprint density at radius 3 is 2.57 bits per heavy atom. The largest absolute Gasteiger partial charge is 0.394 e. The van der Waals surface area contributed by atoms with E-state index in [0.717, 1.165) is 32.1 Å². The molecular weight excluding hydrogens is 298 g/mol. The summed E-state index contributed by atoms with van der Waals surface area (Å²) in [6.07, 6.45) is 3.93. The molecule has 1 saturated carbocycles. The molecule has 0 bridgehead atoms. The highest BCUT2D eigenvalue weighted by Gasteiger charge is 2.32. The summed E-state index contributed by atoms with van der Waals surface area (Å²) in [5, 5.41) is 18.1. The lowest BCUT2D eigenvalue weighted by atomic mass is 9.97. The van der Waals surface area contributed by atoms with Gasteiger partial charge in [-0.05, 0) is 46.0 Å². The summed E-state index contributed by atoms with van der Waals surface area (Å²) >= 11 is 0. The zero-order valence-electron chi connectivity index (χ0n) is 14.0. The van der Waals surface area contributed by atoms with Crippen LogP contribution in [0, 0.1) is 5.92 Å². The van der Waals surface area contributed by atoms with Crippen LogP contribution < -0.4 is 16.0 Å². The Balaban J connectivity index is 1.69. The topological polar surface area (TPSA) is 99.7 Å². The van der Waals surface area contributed by atoms with Crippen molar-refractivity contribution in [3.63, 3.8) is 0 Å². The third-order valence-corrected chi connectivity index (χ3v) is 4.25. The monoisotopic (exact) mass is 327 g/mol. The summed E-state index contributed by atoms with van der Waals surface area (Å²) in [6, 6.07) is -0.354. The lowest BCUT2D eigenvalue weighted by Crippen LogP contribution is -2.54. The molecule has 0 radical (unpaired) electrons. The molecular formula is C16H29N3O4. The quantitative estimate of drug-likeness (QED) is 0.548. The number of hydrogen-bond donors (Lipinski definition) is 4. The smallest absolute Gasteiger partial charge is 0.315 e. The first kappa shape index (κ1) is 18.0. The summed E-state index contributed by atoms with van der Waals surface area (Å²) < 4.78 is 5.87. The van der Waals surface area contributed by atoms with Crippen molar-refractivity contribution in [1.29, 1.82) is 0 Å². The SMILES string of the molecule is CC(C)NC(=O)N[C@H]1CC[C@H](CCNC(=O)C2CC2)O[C@@H]1CO. The number of ether oxygens (including phenoxy) is 1. The number of amides is 3. The molecule has 1 saturated heterocycles. The fourth-order valence-corrected chi connectivity index (χ4v) is 2.83. The Morgan fingerprint density at radius 1 is 1.22 bits per heavy atom. The van der Waals surface area contributed by atoms with Crippen LogP contribution in [0.25, 0.3) is 0 Å². The summed E-state index contributed by atoms with van der Waals surface area (Å²) in [4.78, 5) is 23.4. The number of aliphatic hydroxyl groups excluding tert-OH is 1. The van der Waals surface area contributed by atoms with Crippen molar-refractivity contribution in [3.05, 3.63) is 0 Å². The lowest BCUT2D eigenvalue weighted by Gasteiger charge is -2.36. The van der Waals surface area contributed by atoms with Gasteiger partial charge in [-0.1, -0.05) is 0 Å². The van der Waals surface area contributed by atoms with Crippen molar-refractivity contribution >= 4 is 11.9 Å². The standard InChI is InChI=1S/C16H29N3O4/c1-10(2)18-16(22)19-13-6-5-12(23-14(13)9-20)7-8-17-15(21)11-3-4-11/h10-14,20H,3-9H2,1-2H3,(H,17,21)(H2,18,19,22)/t12-,13+,14-/m1/s1. The van der Waals surface area contributed by atoms with Gasteiger partial charge in [0.1, 0.15) is 6.10 Å². The number of hydrogen-bond acceptors (Lipinski definition) is 4. The maximum atomic E-state index is 11.8. The molecule has 0 aromatic heterocycles. The van der Waals surface area contributed by atoms with Gasteiger partial charge in [-0.2, -0.15) is 0 Å². The maximum Gasteiger partial charge on any atom is 0.315 e. The van der Waals surface area contributed by atoms with E-state index in [1.54, 1.807) is 0 Å². The van der Waals surface area contributed by atoms with Gasteiger partial charge in [0.25, 0.3) is 0 Å². The predicted molar refractivity (Wildman–Crippen MR) is 85.9 cm³/mol. The van der Waals surface area contributed by atoms with Crippen LogP contribution in [0.5, 0.6) is 0 Å². The predicted octanol–water partition coefficient (Wildman–Crippen LogP) is 0.519. The minimum atomic E-state index is -0.397. The van der Waals surface area contributed by atoms with E-state index < -0.39 is 6.10 Å². The van der Waals surface area contributed by atoms with Crippen LogP contribution in [-0.2, 0) is 9.53 Å². The Kier molecular flexibility index (Phi) is 6.65. The number of rotatable bonds is 7. The van der Waals surface area contributed by atoms with E-state index in [0.29, 0.717) is 6.54 Å². The molecule has 3 atom stereocenters. The first-order valence-corrected chi connectivity index (χ1v) is 8.60. The van der Waals surface area contributed by atoms with Crippen molar-refractivity contribution in [2.75, 3.05) is 13.2 Å². The van der Waals surface area contributed by atoms with Crippen molar-refractivity contribution < 1.29 is 19.4 Å². The highest BCUT2D eigenvalue weighted by Crippen LogP contribution is 2.28. The molecule has 2 fully saturated rings. The molecule has 23 heavy (non-hydrogen) atoms. The highest BCUT2D eigenvalue weighted by molar-refractivity contribution is 5.80. The molecule has 7 nitrogen and oxygen atoms in total. The molecule has 1 heterocycles. The fourth-order valence-electron chi connectivity index (χ4n) is 2.83. The average molecular weight is 327 g/mol. The second-order valence-electron chi connectivity index (χ2n) is 6.79. The molecule has 3 amide bonds. The molecule has 2 rings (SSSR count). The molecule has 2 aliphatic rings. The Bertz CT molecular complexity index is 412. The molecule has 4 N–H and O–H groups in total. The second-order valence-corrected chi connectivity index (χ2v) is 6.79. The second kappa shape index (κ2) is 8.49. The van der Waals surface area contributed by atoms with Crippen LogP contribution in [-0.4, -0.2) is 54.5 Å². The minimum Gasteiger partial charge on any atom is -0.394 e. The van der Waals surface area contributed by atoms with Crippen LogP contribution in [0.3, 0.4) is 0 Å². The van der Waals surface area contributed by atoms with Crippen LogP contribution in [0.1, 0.15) is 46.0 Å². The van der Waals surface area contributed by atoms with E-state index in [1.807, 2.05) is 13.8 Å². The van der Waals surface area contributed by atoms with Crippen molar-refractivity contribution in [1.82, 2.24) is 16.0 Å². The van der Waals surface area contributed by atoms with Crippen molar-refractivity contribution in [2.24, 2.45) is 5.92 Å². The molecule has 0 spiro atoms. The van der Waals surface area contributed by atoms with Gasteiger partial charge < -0.3 is 25.8 Å². The van der Waals surface area contributed by atoms with Crippen molar-refractivity contribution in [2.45, 2.75) is 70.2 Å². The van der Waals surface area contributed by atoms with E-state index in [9.17, 15) is 14.7 Å². The first-order valence-electron chi connectivity index (χ1n) is 8.60. The van der Waals surface area contributed by atoms with E-state index in [2.05, 4.69) is 16.0 Å². The lowest BCUT2D eigenvalue weighted by molar-refractivity contribution is -0.122. The number of carbonyl (C=O) groups excluding carboxylic acids is 2. The van der Waals surface area contributed by atoms with Crippen LogP contribution in [0.2, 0.25) is 0 Å². The van der Waals surface area contributed by atoms with Gasteiger partial charge in [-0.25, -0.2) is 4.79 Å². The Hall–Kier alpha value is -1.34. The Labute approximate surface area is 137 Å². The highest BCUT2D eigenvalue weighted by atomic mass is 16.5. The normalized spacial score (nSPS) is 27.6. The van der Waals surface area contributed by atoms with Crippen LogP contribution >= 0.6 is 0 Å². The summed E-state index contributed by atoms with van der Waals surface area (Å²) in [5.41, 5.74) is 0. The zero-order chi connectivity index (χ0) is 16.8. The number of nitrogens with one attached hydrogen (secondary N) is 3. The molecule has 7 heteroatoms.